The molecular weight excluding hydrogens is 257 g/mol. The van der Waals surface area contributed by atoms with Crippen molar-refractivity contribution in [3.63, 3.8) is 0 Å². The van der Waals surface area contributed by atoms with Crippen LogP contribution in [0.25, 0.3) is 11.1 Å². The molecule has 0 aliphatic carbocycles. The van der Waals surface area contributed by atoms with Crippen LogP contribution in [0.3, 0.4) is 0 Å². The lowest BCUT2D eigenvalue weighted by Crippen LogP contribution is -1.92. The van der Waals surface area contributed by atoms with Gasteiger partial charge in [0.25, 0.3) is 0 Å². The number of anilines is 1. The van der Waals surface area contributed by atoms with Crippen molar-refractivity contribution in [2.45, 2.75) is 0 Å². The van der Waals surface area contributed by atoms with Gasteiger partial charge in [0.05, 0.1) is 12.8 Å². The number of hydrogen-bond donors (Lipinski definition) is 1. The van der Waals surface area contributed by atoms with E-state index >= 15 is 0 Å². The van der Waals surface area contributed by atoms with Crippen molar-refractivity contribution in [3.05, 3.63) is 46.4 Å². The first-order valence-electron chi connectivity index (χ1n) is 5.01. The Balaban J connectivity index is 2.61. The van der Waals surface area contributed by atoms with Gasteiger partial charge in [0.1, 0.15) is 5.75 Å². The van der Waals surface area contributed by atoms with Crippen LogP contribution in [0, 0.1) is 0 Å². The summed E-state index contributed by atoms with van der Waals surface area (Å²) in [5.74, 6) is 0.610. The lowest BCUT2D eigenvalue weighted by molar-refractivity contribution is 0.417. The lowest BCUT2D eigenvalue weighted by atomic mass is 10.0. The van der Waals surface area contributed by atoms with Crippen LogP contribution in [0.2, 0.25) is 10.0 Å². The molecule has 2 aromatic carbocycles. The normalized spacial score (nSPS) is 10.3. The Kier molecular flexibility index (Phi) is 3.46. The molecule has 4 heteroatoms. The topological polar surface area (TPSA) is 35.2 Å². The van der Waals surface area contributed by atoms with Crippen LogP contribution in [0.15, 0.2) is 36.4 Å². The Morgan fingerprint density at radius 3 is 2.29 bits per heavy atom. The van der Waals surface area contributed by atoms with Crippen LogP contribution in [0.4, 0.5) is 5.69 Å². The number of hydrogen-bond acceptors (Lipinski definition) is 2. The average Bonchev–Trinajstić information content (AvgIpc) is 2.31. The van der Waals surface area contributed by atoms with Gasteiger partial charge in [-0.3, -0.25) is 0 Å². The first-order valence-corrected chi connectivity index (χ1v) is 5.77. The highest BCUT2D eigenvalue weighted by Crippen LogP contribution is 2.37. The number of nitrogen functional groups attached to an aromatic ring is 1. The van der Waals surface area contributed by atoms with E-state index in [4.69, 9.17) is 33.7 Å². The summed E-state index contributed by atoms with van der Waals surface area (Å²) in [5.41, 5.74) is 8.01. The Labute approximate surface area is 110 Å². The molecule has 2 nitrogen and oxygen atoms in total. The minimum atomic E-state index is 0.583. The van der Waals surface area contributed by atoms with Crippen molar-refractivity contribution in [1.82, 2.24) is 0 Å². The molecule has 0 amide bonds. The van der Waals surface area contributed by atoms with Crippen LogP contribution >= 0.6 is 23.2 Å². The third-order valence-corrected chi connectivity index (χ3v) is 3.11. The van der Waals surface area contributed by atoms with E-state index in [1.54, 1.807) is 25.3 Å². The summed E-state index contributed by atoms with van der Waals surface area (Å²) in [4.78, 5) is 0. The monoisotopic (exact) mass is 267 g/mol. The lowest BCUT2D eigenvalue weighted by Gasteiger charge is -2.10. The molecule has 0 saturated carbocycles. The maximum atomic E-state index is 6.14. The fraction of sp³-hybridized carbons (Fsp3) is 0.0769. The zero-order valence-electron chi connectivity index (χ0n) is 9.21. The van der Waals surface area contributed by atoms with Crippen LogP contribution in [0.5, 0.6) is 5.75 Å². The fourth-order valence-electron chi connectivity index (χ4n) is 1.64. The number of ether oxygens (including phenoxy) is 1. The van der Waals surface area contributed by atoms with Gasteiger partial charge >= 0.3 is 0 Å². The van der Waals surface area contributed by atoms with Crippen molar-refractivity contribution >= 4 is 28.9 Å². The van der Waals surface area contributed by atoms with Crippen molar-refractivity contribution in [2.75, 3.05) is 12.8 Å². The Morgan fingerprint density at radius 2 is 1.71 bits per heavy atom. The van der Waals surface area contributed by atoms with Crippen LogP contribution in [-0.2, 0) is 0 Å². The molecule has 2 rings (SSSR count). The minimum Gasteiger partial charge on any atom is -0.495 e. The molecule has 0 aliphatic rings. The molecule has 17 heavy (non-hydrogen) atoms. The summed E-state index contributed by atoms with van der Waals surface area (Å²) in [6.07, 6.45) is 0. The Hall–Kier alpha value is -1.38. The highest BCUT2D eigenvalue weighted by molar-refractivity contribution is 6.39. The van der Waals surface area contributed by atoms with Crippen LogP contribution in [0.1, 0.15) is 0 Å². The summed E-state index contributed by atoms with van der Waals surface area (Å²) in [5, 5.41) is 1.20. The van der Waals surface area contributed by atoms with Gasteiger partial charge in [0, 0.05) is 15.6 Å². The Morgan fingerprint density at radius 1 is 1.06 bits per heavy atom. The number of halogens is 2. The maximum Gasteiger partial charge on any atom is 0.142 e. The molecule has 0 unspecified atom stereocenters. The average molecular weight is 268 g/mol. The second-order valence-corrected chi connectivity index (χ2v) is 4.37. The summed E-state index contributed by atoms with van der Waals surface area (Å²) in [6, 6.07) is 10.9. The summed E-state index contributed by atoms with van der Waals surface area (Å²) in [7, 11) is 1.57. The molecule has 88 valence electrons. The second kappa shape index (κ2) is 4.86. The molecular formula is C13H11Cl2NO. The largest absolute Gasteiger partial charge is 0.495 e. The quantitative estimate of drug-likeness (QED) is 0.826. The van der Waals surface area contributed by atoms with Crippen molar-refractivity contribution in [3.8, 4) is 16.9 Å². The molecule has 0 spiro atoms. The number of benzene rings is 2. The smallest absolute Gasteiger partial charge is 0.142 e. The molecule has 0 saturated heterocycles. The van der Waals surface area contributed by atoms with Crippen molar-refractivity contribution < 1.29 is 4.74 Å². The predicted octanol–water partition coefficient (Wildman–Crippen LogP) is 4.25. The highest BCUT2D eigenvalue weighted by Gasteiger charge is 2.10. The summed E-state index contributed by atoms with van der Waals surface area (Å²) in [6.45, 7) is 0. The van der Waals surface area contributed by atoms with Gasteiger partial charge in [-0.1, -0.05) is 35.3 Å². The fourth-order valence-corrected chi connectivity index (χ4v) is 2.26. The molecule has 2 N–H and O–H groups in total. The van der Waals surface area contributed by atoms with E-state index in [2.05, 4.69) is 0 Å². The van der Waals surface area contributed by atoms with Crippen LogP contribution < -0.4 is 10.5 Å². The van der Waals surface area contributed by atoms with Gasteiger partial charge in [0.15, 0.2) is 0 Å². The number of methoxy groups -OCH3 is 1. The standard InChI is InChI=1S/C13H11Cl2NO/c1-17-12-7-8(5-6-11(12)16)13-9(14)3-2-4-10(13)15/h2-7H,16H2,1H3. The third kappa shape index (κ3) is 2.33. The van der Waals surface area contributed by atoms with E-state index in [-0.39, 0.29) is 0 Å². The molecule has 0 atom stereocenters. The molecule has 0 fully saturated rings. The third-order valence-electron chi connectivity index (χ3n) is 2.48. The van der Waals surface area contributed by atoms with E-state index < -0.39 is 0 Å². The van der Waals surface area contributed by atoms with Gasteiger partial charge < -0.3 is 10.5 Å². The summed E-state index contributed by atoms with van der Waals surface area (Å²) >= 11 is 12.3. The highest BCUT2D eigenvalue weighted by atomic mass is 35.5. The minimum absolute atomic E-state index is 0.583. The van der Waals surface area contributed by atoms with Crippen LogP contribution in [-0.4, -0.2) is 7.11 Å². The van der Waals surface area contributed by atoms with Crippen molar-refractivity contribution in [1.29, 1.82) is 0 Å². The predicted molar refractivity (Wildman–Crippen MR) is 72.9 cm³/mol. The molecule has 0 radical (unpaired) electrons. The maximum absolute atomic E-state index is 6.14. The SMILES string of the molecule is COc1cc(-c2c(Cl)cccc2Cl)ccc1N. The molecule has 2 aromatic rings. The van der Waals surface area contributed by atoms with E-state index in [9.17, 15) is 0 Å². The first kappa shape index (κ1) is 12.1. The molecule has 0 aliphatic heterocycles. The van der Waals surface area contributed by atoms with Gasteiger partial charge in [0.2, 0.25) is 0 Å². The van der Waals surface area contributed by atoms with Gasteiger partial charge in [-0.25, -0.2) is 0 Å². The van der Waals surface area contributed by atoms with E-state index in [0.717, 1.165) is 11.1 Å². The molecule has 0 bridgehead atoms. The van der Waals surface area contributed by atoms with Gasteiger partial charge in [-0.05, 0) is 29.8 Å². The number of rotatable bonds is 2. The zero-order valence-corrected chi connectivity index (χ0v) is 10.7. The Bertz CT molecular complexity index is 535. The second-order valence-electron chi connectivity index (χ2n) is 3.55. The number of nitrogens with two attached hydrogens (primary N) is 1. The van der Waals surface area contributed by atoms with Gasteiger partial charge in [-0.15, -0.1) is 0 Å². The molecule has 0 aromatic heterocycles. The van der Waals surface area contributed by atoms with Gasteiger partial charge in [-0.2, -0.15) is 0 Å². The van der Waals surface area contributed by atoms with E-state index in [1.807, 2.05) is 18.2 Å². The summed E-state index contributed by atoms with van der Waals surface area (Å²) < 4.78 is 5.18. The van der Waals surface area contributed by atoms with E-state index in [0.29, 0.717) is 21.5 Å². The van der Waals surface area contributed by atoms with E-state index in [1.165, 1.54) is 0 Å². The zero-order chi connectivity index (χ0) is 12.4. The molecule has 0 heterocycles. The van der Waals surface area contributed by atoms with Crippen molar-refractivity contribution in [2.24, 2.45) is 0 Å². The first-order chi connectivity index (χ1) is 8.13.